The molecule has 0 aromatic carbocycles. The molecule has 2 N–H and O–H groups in total. The van der Waals surface area contributed by atoms with Gasteiger partial charge in [-0.25, -0.2) is 9.97 Å². The van der Waals surface area contributed by atoms with Crippen LogP contribution in [0.1, 0.15) is 25.7 Å². The molecule has 1 unspecified atom stereocenters. The fourth-order valence-electron chi connectivity index (χ4n) is 0.781. The summed E-state index contributed by atoms with van der Waals surface area (Å²) in [4.78, 5) is 8.13. The Bertz CT molecular complexity index is 208. The lowest BCUT2D eigenvalue weighted by Gasteiger charge is -2.12. The van der Waals surface area contributed by atoms with E-state index in [4.69, 9.17) is 5.73 Å². The third-order valence-electron chi connectivity index (χ3n) is 1.60. The normalized spacial score (nSPS) is 13.5. The standard InChI is InChI=1S/C8H13N3/c1-6(2)7(9)8-10-4-3-5-11-8/h3-7H,9H2,1-2H3. The van der Waals surface area contributed by atoms with Crippen LogP contribution in [0.4, 0.5) is 0 Å². The van der Waals surface area contributed by atoms with E-state index in [9.17, 15) is 0 Å². The molecule has 0 aliphatic rings. The quantitative estimate of drug-likeness (QED) is 0.689. The average molecular weight is 151 g/mol. The summed E-state index contributed by atoms with van der Waals surface area (Å²) in [5.41, 5.74) is 5.81. The summed E-state index contributed by atoms with van der Waals surface area (Å²) in [5.74, 6) is 1.11. The molecule has 0 bridgehead atoms. The zero-order chi connectivity index (χ0) is 8.27. The Labute approximate surface area is 66.7 Å². The molecule has 1 aromatic rings. The molecule has 1 atom stereocenters. The number of rotatable bonds is 2. The largest absolute Gasteiger partial charge is 0.321 e. The van der Waals surface area contributed by atoms with Gasteiger partial charge < -0.3 is 5.73 Å². The molecule has 0 aliphatic carbocycles. The summed E-state index contributed by atoms with van der Waals surface area (Å²) in [7, 11) is 0. The van der Waals surface area contributed by atoms with Crippen molar-refractivity contribution >= 4 is 0 Å². The van der Waals surface area contributed by atoms with Gasteiger partial charge in [-0.1, -0.05) is 13.8 Å². The zero-order valence-corrected chi connectivity index (χ0v) is 6.86. The van der Waals surface area contributed by atoms with Crippen LogP contribution < -0.4 is 5.73 Å². The minimum atomic E-state index is -0.0452. The number of hydrogen-bond donors (Lipinski definition) is 1. The van der Waals surface area contributed by atoms with Gasteiger partial charge in [0.25, 0.3) is 0 Å². The smallest absolute Gasteiger partial charge is 0.145 e. The SMILES string of the molecule is CC(C)C(N)c1ncccn1. The predicted octanol–water partition coefficient (Wildman–Crippen LogP) is 1.13. The number of hydrogen-bond acceptors (Lipinski definition) is 3. The Morgan fingerprint density at radius 3 is 2.27 bits per heavy atom. The second-order valence-electron chi connectivity index (χ2n) is 2.88. The maximum atomic E-state index is 5.81. The van der Waals surface area contributed by atoms with Gasteiger partial charge in [-0.3, -0.25) is 0 Å². The van der Waals surface area contributed by atoms with Crippen molar-refractivity contribution in [3.63, 3.8) is 0 Å². The maximum Gasteiger partial charge on any atom is 0.145 e. The van der Waals surface area contributed by atoms with Gasteiger partial charge in [0.15, 0.2) is 0 Å². The summed E-state index contributed by atoms with van der Waals surface area (Å²) in [6.45, 7) is 4.11. The van der Waals surface area contributed by atoms with Gasteiger partial charge in [0.05, 0.1) is 6.04 Å². The van der Waals surface area contributed by atoms with E-state index < -0.39 is 0 Å². The Balaban J connectivity index is 2.77. The van der Waals surface area contributed by atoms with E-state index in [1.54, 1.807) is 18.5 Å². The van der Waals surface area contributed by atoms with E-state index in [1.165, 1.54) is 0 Å². The molecule has 3 heteroatoms. The first-order chi connectivity index (χ1) is 5.22. The molecule has 1 aromatic heterocycles. The van der Waals surface area contributed by atoms with E-state index in [1.807, 2.05) is 0 Å². The molecular formula is C8H13N3. The average Bonchev–Trinajstić information content (AvgIpc) is 2.05. The van der Waals surface area contributed by atoms with E-state index in [0.717, 1.165) is 5.82 Å². The van der Waals surface area contributed by atoms with Crippen LogP contribution in [0.25, 0.3) is 0 Å². The van der Waals surface area contributed by atoms with Gasteiger partial charge in [0, 0.05) is 12.4 Å². The summed E-state index contributed by atoms with van der Waals surface area (Å²) < 4.78 is 0. The zero-order valence-electron chi connectivity index (χ0n) is 6.86. The minimum Gasteiger partial charge on any atom is -0.321 e. The van der Waals surface area contributed by atoms with E-state index in [2.05, 4.69) is 23.8 Å². The highest BCUT2D eigenvalue weighted by Crippen LogP contribution is 2.12. The van der Waals surface area contributed by atoms with Gasteiger partial charge >= 0.3 is 0 Å². The Morgan fingerprint density at radius 1 is 1.27 bits per heavy atom. The van der Waals surface area contributed by atoms with Crippen LogP contribution in [-0.2, 0) is 0 Å². The van der Waals surface area contributed by atoms with Gasteiger partial charge in [-0.05, 0) is 12.0 Å². The topological polar surface area (TPSA) is 51.8 Å². The summed E-state index contributed by atoms with van der Waals surface area (Å²) >= 11 is 0. The monoisotopic (exact) mass is 151 g/mol. The van der Waals surface area contributed by atoms with Crippen LogP contribution in [-0.4, -0.2) is 9.97 Å². The van der Waals surface area contributed by atoms with Crippen molar-refractivity contribution in [1.29, 1.82) is 0 Å². The molecule has 0 fully saturated rings. The van der Waals surface area contributed by atoms with Crippen LogP contribution in [0.5, 0.6) is 0 Å². The van der Waals surface area contributed by atoms with Crippen molar-refractivity contribution in [3.05, 3.63) is 24.3 Å². The van der Waals surface area contributed by atoms with Crippen LogP contribution in [0.15, 0.2) is 18.5 Å². The molecule has 0 saturated carbocycles. The Kier molecular flexibility index (Phi) is 2.54. The maximum absolute atomic E-state index is 5.81. The lowest BCUT2D eigenvalue weighted by molar-refractivity contribution is 0.490. The molecule has 0 aliphatic heterocycles. The lowest BCUT2D eigenvalue weighted by atomic mass is 10.1. The molecule has 11 heavy (non-hydrogen) atoms. The Hall–Kier alpha value is -0.960. The molecule has 3 nitrogen and oxygen atoms in total. The fraction of sp³-hybridized carbons (Fsp3) is 0.500. The fourth-order valence-corrected chi connectivity index (χ4v) is 0.781. The van der Waals surface area contributed by atoms with Gasteiger partial charge in [0.2, 0.25) is 0 Å². The third-order valence-corrected chi connectivity index (χ3v) is 1.60. The first-order valence-electron chi connectivity index (χ1n) is 3.74. The van der Waals surface area contributed by atoms with Crippen molar-refractivity contribution in [2.24, 2.45) is 11.7 Å². The van der Waals surface area contributed by atoms with E-state index >= 15 is 0 Å². The molecule has 1 heterocycles. The molecule has 0 radical (unpaired) electrons. The number of nitrogens with two attached hydrogens (primary N) is 1. The van der Waals surface area contributed by atoms with Crippen molar-refractivity contribution in [1.82, 2.24) is 9.97 Å². The highest BCUT2D eigenvalue weighted by Gasteiger charge is 2.11. The highest BCUT2D eigenvalue weighted by molar-refractivity contribution is 4.95. The van der Waals surface area contributed by atoms with Crippen LogP contribution in [0.3, 0.4) is 0 Å². The summed E-state index contributed by atoms with van der Waals surface area (Å²) in [6.07, 6.45) is 3.43. The Morgan fingerprint density at radius 2 is 1.82 bits per heavy atom. The minimum absolute atomic E-state index is 0.0452. The molecule has 0 saturated heterocycles. The number of nitrogens with zero attached hydrogens (tertiary/aromatic N) is 2. The molecular weight excluding hydrogens is 138 g/mol. The first kappa shape index (κ1) is 8.14. The highest BCUT2D eigenvalue weighted by atomic mass is 14.9. The van der Waals surface area contributed by atoms with E-state index in [0.29, 0.717) is 5.92 Å². The molecule has 1 rings (SSSR count). The van der Waals surface area contributed by atoms with Gasteiger partial charge in [-0.2, -0.15) is 0 Å². The predicted molar refractivity (Wildman–Crippen MR) is 43.8 cm³/mol. The number of aromatic nitrogens is 2. The van der Waals surface area contributed by atoms with Gasteiger partial charge in [0.1, 0.15) is 5.82 Å². The van der Waals surface area contributed by atoms with Crippen molar-refractivity contribution in [2.75, 3.05) is 0 Å². The van der Waals surface area contributed by atoms with Crippen molar-refractivity contribution in [3.8, 4) is 0 Å². The van der Waals surface area contributed by atoms with Crippen LogP contribution >= 0.6 is 0 Å². The second kappa shape index (κ2) is 3.44. The van der Waals surface area contributed by atoms with Crippen LogP contribution in [0, 0.1) is 5.92 Å². The molecule has 60 valence electrons. The van der Waals surface area contributed by atoms with Crippen molar-refractivity contribution < 1.29 is 0 Å². The van der Waals surface area contributed by atoms with Gasteiger partial charge in [-0.15, -0.1) is 0 Å². The first-order valence-corrected chi connectivity index (χ1v) is 3.74. The summed E-state index contributed by atoms with van der Waals surface area (Å²) in [6, 6.07) is 1.74. The van der Waals surface area contributed by atoms with Crippen molar-refractivity contribution in [2.45, 2.75) is 19.9 Å². The second-order valence-corrected chi connectivity index (χ2v) is 2.88. The molecule has 0 amide bonds. The lowest BCUT2D eigenvalue weighted by Crippen LogP contribution is -2.19. The van der Waals surface area contributed by atoms with E-state index in [-0.39, 0.29) is 6.04 Å². The summed E-state index contributed by atoms with van der Waals surface area (Å²) in [5, 5.41) is 0. The van der Waals surface area contributed by atoms with Crippen LogP contribution in [0.2, 0.25) is 0 Å². The third kappa shape index (κ3) is 1.98. The molecule has 0 spiro atoms.